The molecule has 2 atom stereocenters. The van der Waals surface area contributed by atoms with Crippen LogP contribution in [0.4, 0.5) is 5.69 Å². The highest BCUT2D eigenvalue weighted by atomic mass is 79.9. The monoisotopic (exact) mass is 370 g/mol. The van der Waals surface area contributed by atoms with Crippen molar-refractivity contribution < 1.29 is 13.5 Å². The zero-order valence-electron chi connectivity index (χ0n) is 10.5. The van der Waals surface area contributed by atoms with Crippen molar-refractivity contribution in [1.29, 1.82) is 0 Å². The molecule has 4 N–H and O–H groups in total. The molecule has 108 valence electrons. The van der Waals surface area contributed by atoms with Gasteiger partial charge in [0.1, 0.15) is 0 Å². The summed E-state index contributed by atoms with van der Waals surface area (Å²) in [5.41, 5.74) is 5.91. The molecule has 0 bridgehead atoms. The van der Waals surface area contributed by atoms with Crippen LogP contribution in [-0.4, -0.2) is 25.7 Å². The molecule has 0 radical (unpaired) electrons. The van der Waals surface area contributed by atoms with Gasteiger partial charge in [-0.3, -0.25) is 0 Å². The average molecular weight is 372 g/mol. The lowest BCUT2D eigenvalue weighted by molar-refractivity contribution is 0.175. The summed E-state index contributed by atoms with van der Waals surface area (Å²) in [7, 11) is -3.75. The summed E-state index contributed by atoms with van der Waals surface area (Å²) in [6.07, 6.45) is -0.280. The normalized spacial score (nSPS) is 15.2. The minimum atomic E-state index is -3.75. The van der Waals surface area contributed by atoms with E-state index in [4.69, 9.17) is 17.3 Å². The Bertz CT molecular complexity index is 563. The smallest absolute Gasteiger partial charge is 0.242 e. The van der Waals surface area contributed by atoms with Crippen LogP contribution in [-0.2, 0) is 10.0 Å². The van der Waals surface area contributed by atoms with E-state index in [1.807, 2.05) is 0 Å². The second-order valence-corrected chi connectivity index (χ2v) is 7.33. The first-order valence-corrected chi connectivity index (χ1v) is 8.24. The van der Waals surface area contributed by atoms with Gasteiger partial charge in [-0.2, -0.15) is 0 Å². The van der Waals surface area contributed by atoms with E-state index in [9.17, 15) is 13.5 Å². The van der Waals surface area contributed by atoms with Crippen LogP contribution < -0.4 is 10.5 Å². The maximum absolute atomic E-state index is 12.2. The Morgan fingerprint density at radius 1 is 1.47 bits per heavy atom. The van der Waals surface area contributed by atoms with Gasteiger partial charge in [0.05, 0.1) is 15.5 Å². The summed E-state index contributed by atoms with van der Waals surface area (Å²) in [4.78, 5) is -0.0186. The molecule has 0 aromatic heterocycles. The molecule has 0 saturated carbocycles. The van der Waals surface area contributed by atoms with Crippen molar-refractivity contribution in [3.05, 3.63) is 21.6 Å². The number of nitrogen functional groups attached to an aromatic ring is 1. The molecule has 0 saturated heterocycles. The summed E-state index contributed by atoms with van der Waals surface area (Å²) in [6.45, 7) is 3.27. The number of hydrogen-bond acceptors (Lipinski definition) is 4. The van der Waals surface area contributed by atoms with Crippen LogP contribution in [0.5, 0.6) is 0 Å². The first kappa shape index (κ1) is 16.7. The maximum atomic E-state index is 12.2. The Kier molecular flexibility index (Phi) is 5.64. The fraction of sp³-hybridized carbons (Fsp3) is 0.455. The molecule has 0 aliphatic heterocycles. The van der Waals surface area contributed by atoms with Crippen LogP contribution in [0.15, 0.2) is 21.5 Å². The minimum absolute atomic E-state index is 0.0186. The molecule has 1 aromatic carbocycles. The van der Waals surface area contributed by atoms with E-state index in [0.29, 0.717) is 6.42 Å². The summed E-state index contributed by atoms with van der Waals surface area (Å²) >= 11 is 8.95. The molecule has 0 aliphatic rings. The Balaban J connectivity index is 3.07. The van der Waals surface area contributed by atoms with E-state index in [1.54, 1.807) is 13.8 Å². The zero-order chi connectivity index (χ0) is 14.8. The van der Waals surface area contributed by atoms with Gasteiger partial charge in [0.25, 0.3) is 0 Å². The lowest BCUT2D eigenvalue weighted by Crippen LogP contribution is -2.34. The number of aliphatic hydroxyl groups excluding tert-OH is 1. The van der Waals surface area contributed by atoms with Crippen molar-refractivity contribution >= 4 is 43.2 Å². The van der Waals surface area contributed by atoms with E-state index in [0.717, 1.165) is 0 Å². The average Bonchev–Trinajstić information content (AvgIpc) is 2.20. The number of hydrogen-bond donors (Lipinski definition) is 3. The quantitative estimate of drug-likeness (QED) is 0.691. The fourth-order valence-corrected chi connectivity index (χ4v) is 4.22. The summed E-state index contributed by atoms with van der Waals surface area (Å²) < 4.78 is 27.2. The molecule has 8 heteroatoms. The Hall–Kier alpha value is -0.340. The number of anilines is 1. The molecule has 0 fully saturated rings. The number of aliphatic hydroxyl groups is 1. The fourth-order valence-electron chi connectivity index (χ4n) is 1.67. The number of halogens is 2. The van der Waals surface area contributed by atoms with Crippen LogP contribution >= 0.6 is 27.5 Å². The van der Waals surface area contributed by atoms with Gasteiger partial charge in [-0.1, -0.05) is 11.6 Å². The number of nitrogens with two attached hydrogens (primary N) is 1. The molecule has 0 heterocycles. The SMILES string of the molecule is CC(O)CC(C)NS(=O)(=O)c1cc(Cl)cc(N)c1Br. The largest absolute Gasteiger partial charge is 0.398 e. The van der Waals surface area contributed by atoms with Crippen molar-refractivity contribution in [2.75, 3.05) is 5.73 Å². The van der Waals surface area contributed by atoms with Crippen LogP contribution in [0, 0.1) is 0 Å². The Morgan fingerprint density at radius 2 is 2.05 bits per heavy atom. The van der Waals surface area contributed by atoms with Gasteiger partial charge in [0, 0.05) is 16.8 Å². The third kappa shape index (κ3) is 4.61. The molecular formula is C11H16BrClN2O3S. The molecule has 1 rings (SSSR count). The van der Waals surface area contributed by atoms with Gasteiger partial charge in [-0.15, -0.1) is 0 Å². The van der Waals surface area contributed by atoms with E-state index in [1.165, 1.54) is 12.1 Å². The number of nitrogens with one attached hydrogen (secondary N) is 1. The molecule has 0 spiro atoms. The van der Waals surface area contributed by atoms with Gasteiger partial charge in [0.2, 0.25) is 10.0 Å². The van der Waals surface area contributed by atoms with E-state index >= 15 is 0 Å². The number of benzene rings is 1. The molecule has 0 aliphatic carbocycles. The van der Waals surface area contributed by atoms with Gasteiger partial charge < -0.3 is 10.8 Å². The molecule has 2 unspecified atom stereocenters. The number of sulfonamides is 1. The van der Waals surface area contributed by atoms with Crippen molar-refractivity contribution in [3.63, 3.8) is 0 Å². The van der Waals surface area contributed by atoms with Gasteiger partial charge in [-0.05, 0) is 48.3 Å². The van der Waals surface area contributed by atoms with Gasteiger partial charge in [0.15, 0.2) is 0 Å². The van der Waals surface area contributed by atoms with Crippen molar-refractivity contribution in [3.8, 4) is 0 Å². The van der Waals surface area contributed by atoms with Gasteiger partial charge >= 0.3 is 0 Å². The first-order valence-electron chi connectivity index (χ1n) is 5.58. The second kappa shape index (κ2) is 6.41. The number of rotatable bonds is 5. The van der Waals surface area contributed by atoms with Crippen molar-refractivity contribution in [2.24, 2.45) is 0 Å². The van der Waals surface area contributed by atoms with Crippen LogP contribution in [0.25, 0.3) is 0 Å². The van der Waals surface area contributed by atoms with Crippen LogP contribution in [0.1, 0.15) is 20.3 Å². The van der Waals surface area contributed by atoms with E-state index in [2.05, 4.69) is 20.7 Å². The first-order chi connectivity index (χ1) is 8.63. The van der Waals surface area contributed by atoms with E-state index < -0.39 is 22.2 Å². The molecule has 1 aromatic rings. The zero-order valence-corrected chi connectivity index (χ0v) is 13.7. The lowest BCUT2D eigenvalue weighted by atomic mass is 10.2. The van der Waals surface area contributed by atoms with Crippen LogP contribution in [0.3, 0.4) is 0 Å². The van der Waals surface area contributed by atoms with Crippen molar-refractivity contribution in [1.82, 2.24) is 4.72 Å². The Morgan fingerprint density at radius 3 is 2.58 bits per heavy atom. The summed E-state index contributed by atoms with van der Waals surface area (Å²) in [5, 5.41) is 9.49. The topological polar surface area (TPSA) is 92.4 Å². The second-order valence-electron chi connectivity index (χ2n) is 4.41. The summed E-state index contributed by atoms with van der Waals surface area (Å²) in [5.74, 6) is 0. The van der Waals surface area contributed by atoms with Crippen LogP contribution in [0.2, 0.25) is 5.02 Å². The third-order valence-electron chi connectivity index (χ3n) is 2.37. The highest BCUT2D eigenvalue weighted by molar-refractivity contribution is 9.10. The highest BCUT2D eigenvalue weighted by Crippen LogP contribution is 2.31. The Labute approximate surface area is 126 Å². The molecular weight excluding hydrogens is 356 g/mol. The predicted octanol–water partition coefficient (Wildman–Crippen LogP) is 2.12. The third-order valence-corrected chi connectivity index (χ3v) is 5.35. The van der Waals surface area contributed by atoms with Crippen molar-refractivity contribution in [2.45, 2.75) is 37.3 Å². The minimum Gasteiger partial charge on any atom is -0.398 e. The summed E-state index contributed by atoms with van der Waals surface area (Å²) in [6, 6.07) is 2.38. The molecule has 0 amide bonds. The van der Waals surface area contributed by atoms with E-state index in [-0.39, 0.29) is 20.1 Å². The standard InChI is InChI=1S/C11H16BrClN2O3S/c1-6(3-7(2)16)15-19(17,18)10-5-8(13)4-9(14)11(10)12/h4-7,15-16H,3,14H2,1-2H3. The predicted molar refractivity (Wildman–Crippen MR) is 79.6 cm³/mol. The van der Waals surface area contributed by atoms with Gasteiger partial charge in [-0.25, -0.2) is 13.1 Å². The molecule has 5 nitrogen and oxygen atoms in total. The highest BCUT2D eigenvalue weighted by Gasteiger charge is 2.22. The lowest BCUT2D eigenvalue weighted by Gasteiger charge is -2.17. The molecule has 19 heavy (non-hydrogen) atoms. The maximum Gasteiger partial charge on any atom is 0.242 e.